The topological polar surface area (TPSA) is 67.9 Å². The molecule has 1 aliphatic heterocycles. The molecule has 0 saturated carbocycles. The third kappa shape index (κ3) is 4.88. The summed E-state index contributed by atoms with van der Waals surface area (Å²) in [6.45, 7) is 3.64. The van der Waals surface area contributed by atoms with E-state index in [0.717, 1.165) is 5.56 Å². The van der Waals surface area contributed by atoms with Crippen LogP contribution in [0.3, 0.4) is 0 Å². The Hall–Kier alpha value is -3.87. The van der Waals surface area contributed by atoms with Crippen molar-refractivity contribution in [2.45, 2.75) is 38.8 Å². The Morgan fingerprint density at radius 3 is 2.44 bits per heavy atom. The minimum atomic E-state index is -1.23. The van der Waals surface area contributed by atoms with Gasteiger partial charge in [-0.25, -0.2) is 4.39 Å². The van der Waals surface area contributed by atoms with Crippen molar-refractivity contribution < 1.29 is 23.5 Å². The number of benzene rings is 3. The molecule has 3 aromatic rings. The van der Waals surface area contributed by atoms with Crippen LogP contribution in [0.2, 0.25) is 0 Å². The van der Waals surface area contributed by atoms with E-state index in [1.807, 2.05) is 37.3 Å². The molecule has 1 heterocycles. The zero-order valence-corrected chi connectivity index (χ0v) is 19.2. The van der Waals surface area contributed by atoms with Gasteiger partial charge >= 0.3 is 0 Å². The summed E-state index contributed by atoms with van der Waals surface area (Å²) in [7, 11) is 0. The number of nitrogens with one attached hydrogen (secondary N) is 1. The van der Waals surface area contributed by atoms with Gasteiger partial charge in [-0.1, -0.05) is 55.5 Å². The first-order chi connectivity index (χ1) is 16.4. The number of nitrogens with zero attached hydrogens (tertiary/aromatic N) is 1. The van der Waals surface area contributed by atoms with Gasteiger partial charge in [-0.2, -0.15) is 0 Å². The van der Waals surface area contributed by atoms with Crippen LogP contribution in [0.25, 0.3) is 0 Å². The van der Waals surface area contributed by atoms with Crippen LogP contribution in [-0.2, 0) is 22.6 Å². The van der Waals surface area contributed by atoms with Gasteiger partial charge in [0.05, 0.1) is 6.42 Å². The summed E-state index contributed by atoms with van der Waals surface area (Å²) >= 11 is 0. The van der Waals surface area contributed by atoms with Gasteiger partial charge in [-0.3, -0.25) is 9.59 Å². The quantitative estimate of drug-likeness (QED) is 0.515. The molecule has 0 spiro atoms. The highest BCUT2D eigenvalue weighted by Gasteiger charge is 2.41. The van der Waals surface area contributed by atoms with Crippen LogP contribution in [0.15, 0.2) is 72.8 Å². The molecule has 0 radical (unpaired) electrons. The third-order valence-corrected chi connectivity index (χ3v) is 6.19. The number of fused-ring (bicyclic) bond motifs is 1. The van der Waals surface area contributed by atoms with Crippen molar-refractivity contribution in [1.82, 2.24) is 4.90 Å². The number of carbonyl (C=O) groups is 2. The first-order valence-corrected chi connectivity index (χ1v) is 11.2. The van der Waals surface area contributed by atoms with Crippen molar-refractivity contribution in [3.05, 3.63) is 89.7 Å². The maximum atomic E-state index is 14.5. The first kappa shape index (κ1) is 23.3. The fourth-order valence-electron chi connectivity index (χ4n) is 3.91. The molecule has 0 saturated heterocycles. The van der Waals surface area contributed by atoms with Crippen molar-refractivity contribution in [2.24, 2.45) is 0 Å². The molecule has 3 aromatic carbocycles. The summed E-state index contributed by atoms with van der Waals surface area (Å²) in [6.07, 6.45) is 0.431. The first-order valence-electron chi connectivity index (χ1n) is 11.2. The molecule has 0 bridgehead atoms. The van der Waals surface area contributed by atoms with Gasteiger partial charge in [0.15, 0.2) is 11.5 Å². The number of rotatable bonds is 8. The lowest BCUT2D eigenvalue weighted by Gasteiger charge is -2.40. The van der Waals surface area contributed by atoms with E-state index in [9.17, 15) is 14.0 Å². The smallest absolute Gasteiger partial charge is 0.250 e. The maximum absolute atomic E-state index is 14.5. The van der Waals surface area contributed by atoms with Crippen LogP contribution in [-0.4, -0.2) is 29.0 Å². The minimum absolute atomic E-state index is 0.0305. The summed E-state index contributed by atoms with van der Waals surface area (Å²) in [5.41, 5.74) is 0.459. The van der Waals surface area contributed by atoms with E-state index in [0.29, 0.717) is 29.2 Å². The van der Waals surface area contributed by atoms with E-state index in [1.54, 1.807) is 43.3 Å². The summed E-state index contributed by atoms with van der Waals surface area (Å²) in [4.78, 5) is 28.6. The number of halogens is 1. The van der Waals surface area contributed by atoms with Crippen LogP contribution in [0.1, 0.15) is 31.4 Å². The van der Waals surface area contributed by atoms with Crippen LogP contribution in [0.5, 0.6) is 11.5 Å². The second-order valence-corrected chi connectivity index (χ2v) is 8.38. The fourth-order valence-corrected chi connectivity index (χ4v) is 3.91. The van der Waals surface area contributed by atoms with Crippen LogP contribution >= 0.6 is 0 Å². The molecule has 0 aliphatic carbocycles. The summed E-state index contributed by atoms with van der Waals surface area (Å²) in [6, 6.07) is 20.7. The molecule has 0 aromatic heterocycles. The molecule has 4 rings (SSSR count). The van der Waals surface area contributed by atoms with E-state index in [2.05, 4.69) is 5.32 Å². The average Bonchev–Trinajstić information content (AvgIpc) is 3.31. The van der Waals surface area contributed by atoms with E-state index in [1.165, 1.54) is 11.0 Å². The normalized spacial score (nSPS) is 13.7. The van der Waals surface area contributed by atoms with Crippen molar-refractivity contribution in [3.8, 4) is 11.5 Å². The van der Waals surface area contributed by atoms with Crippen LogP contribution in [0, 0.1) is 5.82 Å². The fraction of sp³-hybridized carbons (Fsp3) is 0.259. The zero-order valence-electron chi connectivity index (χ0n) is 19.2. The lowest BCUT2D eigenvalue weighted by molar-refractivity contribution is -0.145. The third-order valence-electron chi connectivity index (χ3n) is 6.19. The van der Waals surface area contributed by atoms with Gasteiger partial charge < -0.3 is 19.7 Å². The Labute approximate surface area is 198 Å². The highest BCUT2D eigenvalue weighted by molar-refractivity contribution is 6.00. The largest absolute Gasteiger partial charge is 0.454 e. The number of carbonyl (C=O) groups excluding carboxylic acids is 2. The molecule has 1 aliphatic rings. The number of ether oxygens (including phenoxy) is 2. The van der Waals surface area contributed by atoms with Crippen LogP contribution in [0.4, 0.5) is 10.1 Å². The summed E-state index contributed by atoms with van der Waals surface area (Å²) in [5, 5.41) is 2.90. The average molecular weight is 463 g/mol. The number of anilines is 1. The standard InChI is InChI=1S/C27H27FN2O4/c1-3-27(2,26(32)29-21-13-14-23-24(16-21)34-18-33-23)30(17-20-11-7-8-12-22(20)28)25(31)15-19-9-5-4-6-10-19/h4-14,16H,3,15,17-18H2,1-2H3,(H,29,32)/t27-/m1/s1. The Bertz CT molecular complexity index is 1180. The molecule has 7 heteroatoms. The predicted molar refractivity (Wildman–Crippen MR) is 127 cm³/mol. The Morgan fingerprint density at radius 2 is 1.71 bits per heavy atom. The Balaban J connectivity index is 1.64. The SMILES string of the molecule is CC[C@](C)(C(=O)Nc1ccc2c(c1)OCO2)N(Cc1ccccc1F)C(=O)Cc1ccccc1. The van der Waals surface area contributed by atoms with Gasteiger partial charge in [0.25, 0.3) is 0 Å². The van der Waals surface area contributed by atoms with Gasteiger partial charge in [-0.05, 0) is 37.1 Å². The molecule has 0 unspecified atom stereocenters. The molecule has 176 valence electrons. The van der Waals surface area contributed by atoms with E-state index in [4.69, 9.17) is 9.47 Å². The summed E-state index contributed by atoms with van der Waals surface area (Å²) in [5.74, 6) is 0.0933. The van der Waals surface area contributed by atoms with Crippen molar-refractivity contribution in [3.63, 3.8) is 0 Å². The molecule has 1 N–H and O–H groups in total. The molecule has 34 heavy (non-hydrogen) atoms. The maximum Gasteiger partial charge on any atom is 0.250 e. The van der Waals surface area contributed by atoms with E-state index >= 15 is 0 Å². The molecule has 6 nitrogen and oxygen atoms in total. The van der Waals surface area contributed by atoms with Gasteiger partial charge in [0.2, 0.25) is 18.6 Å². The Kier molecular flexibility index (Phi) is 6.82. The predicted octanol–water partition coefficient (Wildman–Crippen LogP) is 4.93. The number of hydrogen-bond acceptors (Lipinski definition) is 4. The van der Waals surface area contributed by atoms with Crippen molar-refractivity contribution in [1.29, 1.82) is 0 Å². The van der Waals surface area contributed by atoms with E-state index in [-0.39, 0.29) is 31.6 Å². The molecular formula is C27H27FN2O4. The lowest BCUT2D eigenvalue weighted by atomic mass is 9.92. The molecule has 2 amide bonds. The highest BCUT2D eigenvalue weighted by Crippen LogP contribution is 2.35. The van der Waals surface area contributed by atoms with Gasteiger partial charge in [0.1, 0.15) is 11.4 Å². The molecular weight excluding hydrogens is 435 g/mol. The monoisotopic (exact) mass is 462 g/mol. The second-order valence-electron chi connectivity index (χ2n) is 8.38. The Morgan fingerprint density at radius 1 is 1.00 bits per heavy atom. The van der Waals surface area contributed by atoms with Gasteiger partial charge in [-0.15, -0.1) is 0 Å². The number of hydrogen-bond donors (Lipinski definition) is 1. The summed E-state index contributed by atoms with van der Waals surface area (Å²) < 4.78 is 25.3. The molecule has 0 fully saturated rings. The highest BCUT2D eigenvalue weighted by atomic mass is 19.1. The minimum Gasteiger partial charge on any atom is -0.454 e. The molecule has 1 atom stereocenters. The van der Waals surface area contributed by atoms with Crippen LogP contribution < -0.4 is 14.8 Å². The van der Waals surface area contributed by atoms with Gasteiger partial charge in [0, 0.05) is 23.9 Å². The van der Waals surface area contributed by atoms with Crippen molar-refractivity contribution in [2.75, 3.05) is 12.1 Å². The number of amides is 2. The van der Waals surface area contributed by atoms with Crippen molar-refractivity contribution >= 4 is 17.5 Å². The zero-order chi connectivity index (χ0) is 24.1. The van der Waals surface area contributed by atoms with E-state index < -0.39 is 11.4 Å². The second kappa shape index (κ2) is 9.95. The lowest BCUT2D eigenvalue weighted by Crippen LogP contribution is -2.56.